The molecule has 0 saturated heterocycles. The topological polar surface area (TPSA) is 84.0 Å². The van der Waals surface area contributed by atoms with Gasteiger partial charge in [-0.25, -0.2) is 0 Å². The van der Waals surface area contributed by atoms with Crippen LogP contribution in [-0.4, -0.2) is 51.8 Å². The molecule has 7 nitrogen and oxygen atoms in total. The third kappa shape index (κ3) is 8.06. The van der Waals surface area contributed by atoms with Gasteiger partial charge in [0.2, 0.25) is 5.91 Å². The zero-order valence-electron chi connectivity index (χ0n) is 17.1. The van der Waals surface area contributed by atoms with Gasteiger partial charge >= 0.3 is 0 Å². The van der Waals surface area contributed by atoms with Crippen LogP contribution in [0.4, 0.5) is 0 Å². The van der Waals surface area contributed by atoms with Crippen LogP contribution in [0.25, 0.3) is 0 Å². The lowest BCUT2D eigenvalue weighted by atomic mass is 9.89. The molecule has 156 valence electrons. The van der Waals surface area contributed by atoms with E-state index < -0.39 is 0 Å². The number of methoxy groups -OCH3 is 1. The van der Waals surface area contributed by atoms with Crippen LogP contribution in [-0.2, 0) is 4.79 Å². The third-order valence-corrected chi connectivity index (χ3v) is 4.72. The van der Waals surface area contributed by atoms with E-state index in [9.17, 15) is 4.79 Å². The molecule has 1 aliphatic carbocycles. The standard InChI is InChI=1S/C21H34N4O3/c1-3-22-21(24-14-13-23-20(26)17-7-5-4-6-8-17)25-15-16-28-19-11-9-18(27-2)10-12-19/h9-12,17H,3-8,13-16H2,1-2H3,(H,23,26)(H2,22,24,25). The summed E-state index contributed by atoms with van der Waals surface area (Å²) < 4.78 is 10.8. The summed E-state index contributed by atoms with van der Waals surface area (Å²) in [7, 11) is 1.64. The molecule has 0 unspecified atom stereocenters. The van der Waals surface area contributed by atoms with Gasteiger partial charge < -0.3 is 25.4 Å². The third-order valence-electron chi connectivity index (χ3n) is 4.72. The number of rotatable bonds is 10. The van der Waals surface area contributed by atoms with Gasteiger partial charge in [-0.05, 0) is 44.0 Å². The highest BCUT2D eigenvalue weighted by Gasteiger charge is 2.20. The SMILES string of the molecule is CCNC(=NCCNC(=O)C1CCCCC1)NCCOc1ccc(OC)cc1. The molecule has 0 atom stereocenters. The maximum atomic E-state index is 12.1. The molecule has 0 spiro atoms. The van der Waals surface area contributed by atoms with E-state index >= 15 is 0 Å². The second kappa shape index (κ2) is 12.9. The molecule has 1 amide bonds. The zero-order valence-corrected chi connectivity index (χ0v) is 17.1. The molecule has 1 aromatic carbocycles. The predicted octanol–water partition coefficient (Wildman–Crippen LogP) is 2.33. The smallest absolute Gasteiger partial charge is 0.223 e. The second-order valence-corrected chi connectivity index (χ2v) is 6.84. The predicted molar refractivity (Wildman–Crippen MR) is 112 cm³/mol. The molecule has 0 bridgehead atoms. The summed E-state index contributed by atoms with van der Waals surface area (Å²) in [5, 5.41) is 9.45. The van der Waals surface area contributed by atoms with Gasteiger partial charge in [0.25, 0.3) is 0 Å². The Morgan fingerprint density at radius 1 is 1.04 bits per heavy atom. The Balaban J connectivity index is 1.64. The number of hydrogen-bond donors (Lipinski definition) is 3. The van der Waals surface area contributed by atoms with Crippen molar-refractivity contribution in [1.29, 1.82) is 0 Å². The van der Waals surface area contributed by atoms with Gasteiger partial charge in [-0.3, -0.25) is 9.79 Å². The second-order valence-electron chi connectivity index (χ2n) is 6.84. The molecule has 1 fully saturated rings. The maximum Gasteiger partial charge on any atom is 0.223 e. The number of guanidine groups is 1. The number of nitrogens with one attached hydrogen (secondary N) is 3. The number of benzene rings is 1. The molecular formula is C21H34N4O3. The molecule has 28 heavy (non-hydrogen) atoms. The van der Waals surface area contributed by atoms with Crippen LogP contribution in [0.15, 0.2) is 29.3 Å². The first kappa shape index (κ1) is 21.9. The van der Waals surface area contributed by atoms with Crippen LogP contribution in [0.3, 0.4) is 0 Å². The average molecular weight is 391 g/mol. The number of nitrogens with zero attached hydrogens (tertiary/aromatic N) is 1. The summed E-state index contributed by atoms with van der Waals surface area (Å²) in [5.41, 5.74) is 0. The molecule has 0 radical (unpaired) electrons. The first-order valence-electron chi connectivity index (χ1n) is 10.3. The van der Waals surface area contributed by atoms with Crippen molar-refractivity contribution < 1.29 is 14.3 Å². The number of hydrogen-bond acceptors (Lipinski definition) is 4. The molecule has 0 aromatic heterocycles. The van der Waals surface area contributed by atoms with E-state index in [2.05, 4.69) is 20.9 Å². The van der Waals surface area contributed by atoms with Gasteiger partial charge in [-0.15, -0.1) is 0 Å². The summed E-state index contributed by atoms with van der Waals surface area (Å²) in [4.78, 5) is 16.6. The van der Waals surface area contributed by atoms with Gasteiger partial charge in [0.05, 0.1) is 20.2 Å². The summed E-state index contributed by atoms with van der Waals surface area (Å²) in [6.07, 6.45) is 5.64. The average Bonchev–Trinajstić information content (AvgIpc) is 2.75. The van der Waals surface area contributed by atoms with Gasteiger partial charge in [0.15, 0.2) is 5.96 Å². The van der Waals surface area contributed by atoms with Gasteiger partial charge in [-0.2, -0.15) is 0 Å². The Morgan fingerprint density at radius 3 is 2.43 bits per heavy atom. The fraction of sp³-hybridized carbons (Fsp3) is 0.619. The van der Waals surface area contributed by atoms with Crippen LogP contribution < -0.4 is 25.4 Å². The normalized spacial score (nSPS) is 15.0. The Hall–Kier alpha value is -2.44. The van der Waals surface area contributed by atoms with Crippen LogP contribution >= 0.6 is 0 Å². The lowest BCUT2D eigenvalue weighted by Gasteiger charge is -2.20. The molecule has 1 aromatic rings. The molecule has 2 rings (SSSR count). The van der Waals surface area contributed by atoms with E-state index in [0.717, 1.165) is 36.8 Å². The number of aliphatic imine (C=N–C) groups is 1. The van der Waals surface area contributed by atoms with E-state index in [1.165, 1.54) is 19.3 Å². The van der Waals surface area contributed by atoms with Crippen molar-refractivity contribution in [2.75, 3.05) is 39.9 Å². The number of carbonyl (C=O) groups excluding carboxylic acids is 1. The number of carbonyl (C=O) groups is 1. The van der Waals surface area contributed by atoms with Crippen molar-refractivity contribution in [1.82, 2.24) is 16.0 Å². The highest BCUT2D eigenvalue weighted by Crippen LogP contribution is 2.23. The summed E-state index contributed by atoms with van der Waals surface area (Å²) in [6.45, 7) is 5.07. The molecular weight excluding hydrogens is 356 g/mol. The van der Waals surface area contributed by atoms with E-state index in [0.29, 0.717) is 26.2 Å². The minimum absolute atomic E-state index is 0.181. The summed E-state index contributed by atoms with van der Waals surface area (Å²) in [6, 6.07) is 7.51. The van der Waals surface area contributed by atoms with Crippen LogP contribution in [0.5, 0.6) is 11.5 Å². The molecule has 3 N–H and O–H groups in total. The van der Waals surface area contributed by atoms with Gasteiger partial charge in [-0.1, -0.05) is 19.3 Å². The van der Waals surface area contributed by atoms with E-state index in [1.54, 1.807) is 7.11 Å². The molecule has 1 saturated carbocycles. The zero-order chi connectivity index (χ0) is 20.0. The highest BCUT2D eigenvalue weighted by atomic mass is 16.5. The quantitative estimate of drug-likeness (QED) is 0.324. The molecule has 1 aliphatic rings. The Bertz CT molecular complexity index is 598. The lowest BCUT2D eigenvalue weighted by Crippen LogP contribution is -2.40. The minimum atomic E-state index is 0.181. The summed E-state index contributed by atoms with van der Waals surface area (Å²) >= 11 is 0. The van der Waals surface area contributed by atoms with Gasteiger partial charge in [0.1, 0.15) is 18.1 Å². The van der Waals surface area contributed by atoms with Crippen molar-refractivity contribution in [3.63, 3.8) is 0 Å². The number of ether oxygens (including phenoxy) is 2. The largest absolute Gasteiger partial charge is 0.497 e. The molecule has 0 aliphatic heterocycles. The van der Waals surface area contributed by atoms with Crippen molar-refractivity contribution in [3.05, 3.63) is 24.3 Å². The highest BCUT2D eigenvalue weighted by molar-refractivity contribution is 5.80. The van der Waals surface area contributed by atoms with Crippen LogP contribution in [0, 0.1) is 5.92 Å². The van der Waals surface area contributed by atoms with Crippen molar-refractivity contribution in [3.8, 4) is 11.5 Å². The van der Waals surface area contributed by atoms with Crippen molar-refractivity contribution >= 4 is 11.9 Å². The molecule has 7 heteroatoms. The van der Waals surface area contributed by atoms with E-state index in [-0.39, 0.29) is 11.8 Å². The first-order chi connectivity index (χ1) is 13.7. The summed E-state index contributed by atoms with van der Waals surface area (Å²) in [5.74, 6) is 2.71. The van der Waals surface area contributed by atoms with Gasteiger partial charge in [0, 0.05) is 19.0 Å². The molecule has 0 heterocycles. The Labute approximate surface area is 168 Å². The monoisotopic (exact) mass is 390 g/mol. The first-order valence-corrected chi connectivity index (χ1v) is 10.3. The van der Waals surface area contributed by atoms with Crippen LogP contribution in [0.1, 0.15) is 39.0 Å². The van der Waals surface area contributed by atoms with Crippen LogP contribution in [0.2, 0.25) is 0 Å². The van der Waals surface area contributed by atoms with Crippen molar-refractivity contribution in [2.45, 2.75) is 39.0 Å². The number of amides is 1. The Kier molecular flexibility index (Phi) is 10.0. The van der Waals surface area contributed by atoms with E-state index in [4.69, 9.17) is 9.47 Å². The maximum absolute atomic E-state index is 12.1. The fourth-order valence-corrected chi connectivity index (χ4v) is 3.21. The minimum Gasteiger partial charge on any atom is -0.497 e. The lowest BCUT2D eigenvalue weighted by molar-refractivity contribution is -0.125. The fourth-order valence-electron chi connectivity index (χ4n) is 3.21. The Morgan fingerprint density at radius 2 is 1.75 bits per heavy atom. The van der Waals surface area contributed by atoms with Crippen molar-refractivity contribution in [2.24, 2.45) is 10.9 Å². The van der Waals surface area contributed by atoms with E-state index in [1.807, 2.05) is 31.2 Å².